The van der Waals surface area contributed by atoms with E-state index in [0.29, 0.717) is 5.92 Å². The third kappa shape index (κ3) is 2.71. The molecule has 1 aromatic heterocycles. The van der Waals surface area contributed by atoms with Crippen molar-refractivity contribution < 1.29 is 0 Å². The van der Waals surface area contributed by atoms with E-state index in [1.165, 1.54) is 42.8 Å². The lowest BCUT2D eigenvalue weighted by molar-refractivity contribution is 0.440. The molecule has 0 atom stereocenters. The molecular weight excluding hydrogens is 225 g/mol. The first kappa shape index (κ1) is 12.6. The van der Waals surface area contributed by atoms with Gasteiger partial charge in [0.1, 0.15) is 7.28 Å². The van der Waals surface area contributed by atoms with Gasteiger partial charge in [0.2, 0.25) is 0 Å². The maximum atomic E-state index is 4.70. The van der Waals surface area contributed by atoms with Gasteiger partial charge in [-0.25, -0.2) is 4.98 Å². The van der Waals surface area contributed by atoms with Crippen molar-refractivity contribution in [3.05, 3.63) is 28.7 Å². The summed E-state index contributed by atoms with van der Waals surface area (Å²) in [5.74, 6) is 1.62. The lowest BCUT2D eigenvalue weighted by Crippen LogP contribution is -2.12. The first-order valence-electron chi connectivity index (χ1n) is 6.54. The first-order valence-corrected chi connectivity index (χ1v) is 7.35. The van der Waals surface area contributed by atoms with Gasteiger partial charge in [-0.15, -0.1) is 11.3 Å². The molecule has 0 aromatic carbocycles. The number of hydrogen-bond acceptors (Lipinski definition) is 2. The van der Waals surface area contributed by atoms with Gasteiger partial charge in [-0.3, -0.25) is 0 Å². The summed E-state index contributed by atoms with van der Waals surface area (Å²) in [6, 6.07) is 0. The molecule has 90 valence electrons. The molecule has 1 aliphatic carbocycles. The van der Waals surface area contributed by atoms with E-state index in [-0.39, 0.29) is 0 Å². The summed E-state index contributed by atoms with van der Waals surface area (Å²) in [7, 11) is 1.33. The molecule has 0 saturated heterocycles. The fourth-order valence-corrected chi connectivity index (χ4v) is 3.73. The highest BCUT2D eigenvalue weighted by Gasteiger charge is 2.24. The van der Waals surface area contributed by atoms with E-state index in [4.69, 9.17) is 4.98 Å². The van der Waals surface area contributed by atoms with Crippen molar-refractivity contribution in [3.63, 3.8) is 0 Å². The van der Waals surface area contributed by atoms with Crippen molar-refractivity contribution in [1.29, 1.82) is 0 Å². The second-order valence-corrected chi connectivity index (χ2v) is 5.90. The van der Waals surface area contributed by atoms with Gasteiger partial charge >= 0.3 is 0 Å². The van der Waals surface area contributed by atoms with Crippen LogP contribution in [0.5, 0.6) is 0 Å². The highest BCUT2D eigenvalue weighted by Crippen LogP contribution is 2.40. The van der Waals surface area contributed by atoms with E-state index in [1.807, 2.05) is 12.2 Å². The van der Waals surface area contributed by atoms with Crippen molar-refractivity contribution in [2.24, 2.45) is 0 Å². The van der Waals surface area contributed by atoms with E-state index in [0.717, 1.165) is 11.5 Å². The van der Waals surface area contributed by atoms with E-state index in [1.54, 1.807) is 11.3 Å². The first-order chi connectivity index (χ1) is 8.28. The van der Waals surface area contributed by atoms with Crippen LogP contribution >= 0.6 is 11.3 Å². The summed E-state index contributed by atoms with van der Waals surface area (Å²) >= 11 is 1.80. The molecule has 0 spiro atoms. The Morgan fingerprint density at radius 1 is 1.24 bits per heavy atom. The minimum Gasteiger partial charge on any atom is -0.241 e. The second kappa shape index (κ2) is 5.68. The summed E-state index contributed by atoms with van der Waals surface area (Å²) < 4.78 is 0. The lowest BCUT2D eigenvalue weighted by Gasteiger charge is -2.25. The van der Waals surface area contributed by atoms with Gasteiger partial charge < -0.3 is 0 Å². The molecule has 0 N–H and O–H groups in total. The Morgan fingerprint density at radius 3 is 2.41 bits per heavy atom. The molecular formula is C14H20BNS. The zero-order valence-corrected chi connectivity index (χ0v) is 11.4. The van der Waals surface area contributed by atoms with E-state index in [9.17, 15) is 0 Å². The summed E-state index contributed by atoms with van der Waals surface area (Å²) in [6.45, 7) is 9.97. The largest absolute Gasteiger partial charge is 0.241 e. The summed E-state index contributed by atoms with van der Waals surface area (Å²) in [5, 5.41) is 1.30. The van der Waals surface area contributed by atoms with Crippen LogP contribution in [-0.4, -0.2) is 12.3 Å². The minimum absolute atomic E-state index is 0.676. The minimum atomic E-state index is 0.676. The van der Waals surface area contributed by atoms with Crippen molar-refractivity contribution >= 4 is 30.8 Å². The molecule has 1 heterocycles. The lowest BCUT2D eigenvalue weighted by atomic mass is 9.59. The molecule has 1 aliphatic rings. The topological polar surface area (TPSA) is 12.9 Å². The maximum Gasteiger partial charge on any atom is 0.120 e. The monoisotopic (exact) mass is 245 g/mol. The zero-order chi connectivity index (χ0) is 12.3. The average Bonchev–Trinajstić information content (AvgIpc) is 2.82. The number of aromatic nitrogens is 1. The molecule has 1 aromatic rings. The number of hydrogen-bond donors (Lipinski definition) is 0. The molecule has 0 aliphatic heterocycles. The third-order valence-electron chi connectivity index (χ3n) is 3.85. The quantitative estimate of drug-likeness (QED) is 0.718. The van der Waals surface area contributed by atoms with E-state index < -0.39 is 0 Å². The van der Waals surface area contributed by atoms with Crippen LogP contribution in [0.15, 0.2) is 13.2 Å². The Kier molecular flexibility index (Phi) is 4.22. The van der Waals surface area contributed by atoms with Gasteiger partial charge in [0, 0.05) is 5.92 Å². The molecule has 0 amide bonds. The Bertz CT molecular complexity index is 377. The maximum absolute atomic E-state index is 4.70. The zero-order valence-electron chi connectivity index (χ0n) is 10.6. The molecule has 1 fully saturated rings. The summed E-state index contributed by atoms with van der Waals surface area (Å²) in [6.07, 6.45) is 9.09. The van der Waals surface area contributed by atoms with Crippen LogP contribution in [0.3, 0.4) is 0 Å². The average molecular weight is 245 g/mol. The molecule has 17 heavy (non-hydrogen) atoms. The van der Waals surface area contributed by atoms with Gasteiger partial charge in [-0.2, -0.15) is 0 Å². The second-order valence-electron chi connectivity index (χ2n) is 4.84. The SMILES string of the molecule is C=Cc1nc(C2CCC(BC)CC2)sc1C=C. The van der Waals surface area contributed by atoms with Crippen LogP contribution in [0.4, 0.5) is 0 Å². The number of rotatable bonds is 4. The smallest absolute Gasteiger partial charge is 0.120 e. The van der Waals surface area contributed by atoms with Crippen LogP contribution < -0.4 is 0 Å². The molecule has 1 saturated carbocycles. The molecule has 0 unspecified atom stereocenters. The van der Waals surface area contributed by atoms with Crippen LogP contribution in [-0.2, 0) is 0 Å². The highest BCUT2D eigenvalue weighted by atomic mass is 32.1. The summed E-state index contributed by atoms with van der Waals surface area (Å²) in [4.78, 5) is 5.88. The number of nitrogens with zero attached hydrogens (tertiary/aromatic N) is 1. The van der Waals surface area contributed by atoms with Crippen LogP contribution in [0.25, 0.3) is 12.2 Å². The van der Waals surface area contributed by atoms with Gasteiger partial charge in [-0.1, -0.05) is 38.6 Å². The van der Waals surface area contributed by atoms with Crippen LogP contribution in [0.1, 0.15) is 47.2 Å². The van der Waals surface area contributed by atoms with Gasteiger partial charge in [0.15, 0.2) is 0 Å². The number of thiazole rings is 1. The molecule has 3 heteroatoms. The van der Waals surface area contributed by atoms with Crippen molar-refractivity contribution in [2.45, 2.75) is 44.2 Å². The van der Waals surface area contributed by atoms with Gasteiger partial charge in [-0.05, 0) is 25.0 Å². The predicted molar refractivity (Wildman–Crippen MR) is 80.3 cm³/mol. The molecule has 2 rings (SSSR count). The highest BCUT2D eigenvalue weighted by molar-refractivity contribution is 7.12. The standard InChI is InChI=1S/C14H20BNS/c1-4-12-13(5-2)17-14(16-12)10-6-8-11(15-3)9-7-10/h4-5,10-11,15H,1-2,6-9H2,3H3. The Labute approximate surface area is 109 Å². The third-order valence-corrected chi connectivity index (χ3v) is 5.08. The fraction of sp³-hybridized carbons (Fsp3) is 0.500. The van der Waals surface area contributed by atoms with Gasteiger partial charge in [0.05, 0.1) is 15.6 Å². The van der Waals surface area contributed by atoms with Crippen molar-refractivity contribution in [3.8, 4) is 0 Å². The van der Waals surface area contributed by atoms with E-state index >= 15 is 0 Å². The molecule has 0 radical (unpaired) electrons. The Balaban J connectivity index is 2.10. The van der Waals surface area contributed by atoms with Gasteiger partial charge in [0.25, 0.3) is 0 Å². The normalized spacial score (nSPS) is 24.3. The molecule has 0 bridgehead atoms. The van der Waals surface area contributed by atoms with Crippen LogP contribution in [0, 0.1) is 0 Å². The molecule has 1 nitrogen and oxygen atoms in total. The van der Waals surface area contributed by atoms with E-state index in [2.05, 4.69) is 20.0 Å². The Morgan fingerprint density at radius 2 is 1.94 bits per heavy atom. The van der Waals surface area contributed by atoms with Crippen molar-refractivity contribution in [2.75, 3.05) is 0 Å². The van der Waals surface area contributed by atoms with Crippen molar-refractivity contribution in [1.82, 2.24) is 4.98 Å². The Hall–Kier alpha value is -0.825. The van der Waals surface area contributed by atoms with Crippen LogP contribution in [0.2, 0.25) is 12.6 Å². The summed E-state index contributed by atoms with van der Waals surface area (Å²) in [5.41, 5.74) is 1.01. The fourth-order valence-electron chi connectivity index (χ4n) is 2.65. The predicted octanol–water partition coefficient (Wildman–Crippen LogP) is 4.36.